The van der Waals surface area contributed by atoms with Crippen molar-refractivity contribution in [2.24, 2.45) is 5.92 Å². The third kappa shape index (κ3) is 2.08. The molecule has 1 spiro atoms. The number of halogens is 1. The van der Waals surface area contributed by atoms with E-state index in [0.29, 0.717) is 16.5 Å². The number of carbonyl (C=O) groups excluding carboxylic acids is 1. The van der Waals surface area contributed by atoms with Crippen LogP contribution in [-0.4, -0.2) is 17.5 Å². The van der Waals surface area contributed by atoms with Gasteiger partial charge in [-0.25, -0.2) is 0 Å². The lowest BCUT2D eigenvalue weighted by molar-refractivity contribution is -0.111. The van der Waals surface area contributed by atoms with Crippen molar-refractivity contribution in [3.05, 3.63) is 22.7 Å². The van der Waals surface area contributed by atoms with E-state index in [1.807, 2.05) is 12.2 Å². The Morgan fingerprint density at radius 1 is 1.60 bits per heavy atom. The molecular weight excluding hydrogens is 256 g/mol. The van der Waals surface area contributed by atoms with Gasteiger partial charge in [-0.05, 0) is 52.9 Å². The highest BCUT2D eigenvalue weighted by Crippen LogP contribution is 2.39. The summed E-state index contributed by atoms with van der Waals surface area (Å²) in [6, 6.07) is 0. The van der Waals surface area contributed by atoms with E-state index in [4.69, 9.17) is 4.74 Å². The number of ether oxygens (including phenoxy) is 1. The van der Waals surface area contributed by atoms with E-state index in [9.17, 15) is 4.79 Å². The van der Waals surface area contributed by atoms with E-state index in [1.165, 1.54) is 0 Å². The monoisotopic (exact) mass is 270 g/mol. The molecule has 1 aliphatic heterocycles. The Kier molecular flexibility index (Phi) is 2.86. The molecule has 0 radical (unpaired) electrons. The van der Waals surface area contributed by atoms with Gasteiger partial charge in [0.1, 0.15) is 5.60 Å². The highest BCUT2D eigenvalue weighted by Gasteiger charge is 2.39. The van der Waals surface area contributed by atoms with Crippen LogP contribution in [0, 0.1) is 5.92 Å². The maximum atomic E-state index is 11.3. The molecule has 0 N–H and O–H groups in total. The summed E-state index contributed by atoms with van der Waals surface area (Å²) in [6.45, 7) is 4.33. The summed E-state index contributed by atoms with van der Waals surface area (Å²) in [6.07, 6.45) is 7.73. The van der Waals surface area contributed by atoms with Crippen LogP contribution in [0.1, 0.15) is 26.7 Å². The molecule has 2 aliphatic rings. The standard InChI is InChI=1S/C12H15BrO2/c1-8(2)11-4-6-12(15-11)5-3-10(14)9(13)7-12/h3,5,7-8,11H,4,6H2,1-2H3/t11-,12-/m1/s1. The zero-order valence-corrected chi connectivity index (χ0v) is 10.6. The fourth-order valence-corrected chi connectivity index (χ4v) is 2.62. The predicted molar refractivity (Wildman–Crippen MR) is 62.8 cm³/mol. The normalized spacial score (nSPS) is 35.3. The van der Waals surface area contributed by atoms with Crippen molar-refractivity contribution in [2.75, 3.05) is 0 Å². The van der Waals surface area contributed by atoms with E-state index >= 15 is 0 Å². The number of ketones is 1. The van der Waals surface area contributed by atoms with Crippen LogP contribution in [0.25, 0.3) is 0 Å². The highest BCUT2D eigenvalue weighted by molar-refractivity contribution is 9.12. The van der Waals surface area contributed by atoms with E-state index in [-0.39, 0.29) is 11.4 Å². The Bertz CT molecular complexity index is 344. The number of carbonyl (C=O) groups is 1. The number of hydrogen-bond donors (Lipinski definition) is 0. The van der Waals surface area contributed by atoms with Crippen molar-refractivity contribution in [1.82, 2.24) is 0 Å². The van der Waals surface area contributed by atoms with Crippen LogP contribution >= 0.6 is 15.9 Å². The topological polar surface area (TPSA) is 26.3 Å². The summed E-state index contributed by atoms with van der Waals surface area (Å²) in [5.41, 5.74) is -0.332. The van der Waals surface area contributed by atoms with Gasteiger partial charge >= 0.3 is 0 Å². The fraction of sp³-hybridized carbons (Fsp3) is 0.583. The Morgan fingerprint density at radius 2 is 2.33 bits per heavy atom. The lowest BCUT2D eigenvalue weighted by atomic mass is 9.93. The molecule has 15 heavy (non-hydrogen) atoms. The van der Waals surface area contributed by atoms with E-state index < -0.39 is 0 Å². The van der Waals surface area contributed by atoms with E-state index in [1.54, 1.807) is 6.08 Å². The van der Waals surface area contributed by atoms with Gasteiger partial charge in [-0.2, -0.15) is 0 Å². The summed E-state index contributed by atoms with van der Waals surface area (Å²) >= 11 is 3.28. The number of hydrogen-bond acceptors (Lipinski definition) is 2. The Labute approximate surface area is 98.5 Å². The van der Waals surface area contributed by atoms with E-state index in [2.05, 4.69) is 29.8 Å². The summed E-state index contributed by atoms with van der Waals surface area (Å²) in [4.78, 5) is 11.3. The first kappa shape index (κ1) is 11.1. The Morgan fingerprint density at radius 3 is 2.87 bits per heavy atom. The lowest BCUT2D eigenvalue weighted by Gasteiger charge is -2.26. The molecule has 2 nitrogen and oxygen atoms in total. The third-order valence-corrected chi connectivity index (χ3v) is 3.68. The molecular formula is C12H15BrO2. The van der Waals surface area contributed by atoms with Crippen LogP contribution in [0.3, 0.4) is 0 Å². The van der Waals surface area contributed by atoms with Gasteiger partial charge in [0.25, 0.3) is 0 Å². The summed E-state index contributed by atoms with van der Waals surface area (Å²) in [5, 5.41) is 0. The van der Waals surface area contributed by atoms with Crippen LogP contribution in [0.4, 0.5) is 0 Å². The summed E-state index contributed by atoms with van der Waals surface area (Å²) < 4.78 is 6.64. The van der Waals surface area contributed by atoms with Crippen LogP contribution in [0.15, 0.2) is 22.7 Å². The van der Waals surface area contributed by atoms with Gasteiger partial charge in [-0.1, -0.05) is 13.8 Å². The van der Waals surface area contributed by atoms with Gasteiger partial charge in [-0.15, -0.1) is 0 Å². The van der Waals surface area contributed by atoms with Crippen molar-refractivity contribution in [1.29, 1.82) is 0 Å². The molecule has 0 unspecified atom stereocenters. The maximum absolute atomic E-state index is 11.3. The molecule has 0 aromatic carbocycles. The largest absolute Gasteiger partial charge is 0.363 e. The van der Waals surface area contributed by atoms with Gasteiger partial charge in [-0.3, -0.25) is 4.79 Å². The molecule has 3 heteroatoms. The van der Waals surface area contributed by atoms with Crippen molar-refractivity contribution in [3.8, 4) is 0 Å². The first-order valence-corrected chi connectivity index (χ1v) is 6.11. The molecule has 82 valence electrons. The Hall–Kier alpha value is -0.410. The number of allylic oxidation sites excluding steroid dienone is 2. The summed E-state index contributed by atoms with van der Waals surface area (Å²) in [5.74, 6) is 0.555. The highest BCUT2D eigenvalue weighted by atomic mass is 79.9. The minimum absolute atomic E-state index is 0.0252. The van der Waals surface area contributed by atoms with Gasteiger partial charge < -0.3 is 4.74 Å². The quantitative estimate of drug-likeness (QED) is 0.732. The fourth-order valence-electron chi connectivity index (χ4n) is 2.10. The second kappa shape index (κ2) is 3.87. The molecule has 0 aromatic heterocycles. The van der Waals surface area contributed by atoms with Crippen LogP contribution < -0.4 is 0 Å². The van der Waals surface area contributed by atoms with Crippen LogP contribution in [0.2, 0.25) is 0 Å². The first-order valence-electron chi connectivity index (χ1n) is 5.32. The van der Waals surface area contributed by atoms with Gasteiger partial charge in [0, 0.05) is 0 Å². The van der Waals surface area contributed by atoms with Gasteiger partial charge in [0.05, 0.1) is 10.6 Å². The van der Waals surface area contributed by atoms with E-state index in [0.717, 1.165) is 12.8 Å². The minimum atomic E-state index is -0.332. The third-order valence-electron chi connectivity index (χ3n) is 3.06. The second-order valence-corrected chi connectivity index (χ2v) is 5.44. The molecule has 2 atom stereocenters. The van der Waals surface area contributed by atoms with Crippen molar-refractivity contribution in [2.45, 2.75) is 38.4 Å². The molecule has 0 bridgehead atoms. The van der Waals surface area contributed by atoms with Crippen molar-refractivity contribution < 1.29 is 9.53 Å². The maximum Gasteiger partial charge on any atom is 0.192 e. The molecule has 1 saturated heterocycles. The minimum Gasteiger partial charge on any atom is -0.363 e. The van der Waals surface area contributed by atoms with Crippen LogP contribution in [0.5, 0.6) is 0 Å². The van der Waals surface area contributed by atoms with Gasteiger partial charge in [0.15, 0.2) is 5.78 Å². The molecule has 0 aromatic rings. The second-order valence-electron chi connectivity index (χ2n) is 4.58. The lowest BCUT2D eigenvalue weighted by Crippen LogP contribution is -2.28. The van der Waals surface area contributed by atoms with Gasteiger partial charge in [0.2, 0.25) is 0 Å². The Balaban J connectivity index is 2.18. The smallest absolute Gasteiger partial charge is 0.192 e. The molecule has 2 rings (SSSR count). The zero-order chi connectivity index (χ0) is 11.1. The molecule has 0 amide bonds. The molecule has 0 saturated carbocycles. The predicted octanol–water partition coefficient (Wildman–Crippen LogP) is 2.98. The van der Waals surface area contributed by atoms with Crippen molar-refractivity contribution in [3.63, 3.8) is 0 Å². The molecule has 1 heterocycles. The number of rotatable bonds is 1. The average Bonchev–Trinajstić information content (AvgIpc) is 2.57. The molecule has 1 fully saturated rings. The average molecular weight is 271 g/mol. The van der Waals surface area contributed by atoms with Crippen LogP contribution in [-0.2, 0) is 9.53 Å². The first-order chi connectivity index (χ1) is 7.02. The molecule has 1 aliphatic carbocycles. The van der Waals surface area contributed by atoms with Crippen molar-refractivity contribution >= 4 is 21.7 Å². The SMILES string of the molecule is CC(C)[C@H]1CC[C@@]2(C=CC(=O)C(Br)=C2)O1. The zero-order valence-electron chi connectivity index (χ0n) is 9.00. The summed E-state index contributed by atoms with van der Waals surface area (Å²) in [7, 11) is 0.